The first kappa shape index (κ1) is 11.3. The van der Waals surface area contributed by atoms with Crippen LogP contribution in [0, 0.1) is 6.92 Å². The fourth-order valence-corrected chi connectivity index (χ4v) is 1.70. The van der Waals surface area contributed by atoms with E-state index in [0.29, 0.717) is 16.8 Å². The summed E-state index contributed by atoms with van der Waals surface area (Å²) in [7, 11) is 1.59. The van der Waals surface area contributed by atoms with Gasteiger partial charge in [-0.25, -0.2) is 5.48 Å². The molecule has 1 amide bonds. The minimum absolute atomic E-state index is 0.347. The SMILES string of the molecule is COc1cc(C)nc2cc(C(=O)NO)ccc12. The van der Waals surface area contributed by atoms with Gasteiger partial charge in [0.25, 0.3) is 5.91 Å². The van der Waals surface area contributed by atoms with Gasteiger partial charge in [-0.3, -0.25) is 15.0 Å². The normalized spacial score (nSPS) is 10.3. The molecule has 1 heterocycles. The lowest BCUT2D eigenvalue weighted by atomic mass is 10.1. The highest BCUT2D eigenvalue weighted by atomic mass is 16.5. The highest BCUT2D eigenvalue weighted by Gasteiger charge is 2.09. The predicted molar refractivity (Wildman–Crippen MR) is 62.3 cm³/mol. The van der Waals surface area contributed by atoms with Gasteiger partial charge >= 0.3 is 0 Å². The van der Waals surface area contributed by atoms with E-state index in [1.807, 2.05) is 13.0 Å². The third kappa shape index (κ3) is 2.05. The number of pyridine rings is 1. The van der Waals surface area contributed by atoms with Gasteiger partial charge in [-0.1, -0.05) is 0 Å². The van der Waals surface area contributed by atoms with E-state index in [2.05, 4.69) is 4.98 Å². The summed E-state index contributed by atoms with van der Waals surface area (Å²) in [5, 5.41) is 9.40. The smallest absolute Gasteiger partial charge is 0.274 e. The van der Waals surface area contributed by atoms with Gasteiger partial charge in [0.1, 0.15) is 5.75 Å². The molecule has 2 N–H and O–H groups in total. The summed E-state index contributed by atoms with van der Waals surface area (Å²) in [6.45, 7) is 1.85. The average Bonchev–Trinajstić information content (AvgIpc) is 2.35. The minimum atomic E-state index is -0.561. The Labute approximate surface area is 98.0 Å². The molecule has 0 spiro atoms. The lowest BCUT2D eigenvalue weighted by Gasteiger charge is -2.07. The van der Waals surface area contributed by atoms with E-state index in [4.69, 9.17) is 9.94 Å². The molecule has 0 atom stereocenters. The van der Waals surface area contributed by atoms with Crippen LogP contribution in [-0.2, 0) is 0 Å². The van der Waals surface area contributed by atoms with Crippen molar-refractivity contribution in [3.05, 3.63) is 35.5 Å². The van der Waals surface area contributed by atoms with Crippen molar-refractivity contribution in [2.45, 2.75) is 6.92 Å². The monoisotopic (exact) mass is 232 g/mol. The number of carbonyl (C=O) groups excluding carboxylic acids is 1. The number of nitrogens with zero attached hydrogens (tertiary/aromatic N) is 1. The summed E-state index contributed by atoms with van der Waals surface area (Å²) in [6, 6.07) is 6.78. The van der Waals surface area contributed by atoms with Gasteiger partial charge in [0.2, 0.25) is 0 Å². The van der Waals surface area contributed by atoms with Gasteiger partial charge in [0, 0.05) is 22.7 Å². The fraction of sp³-hybridized carbons (Fsp3) is 0.167. The van der Waals surface area contributed by atoms with Gasteiger partial charge in [-0.2, -0.15) is 0 Å². The molecule has 0 aliphatic heterocycles. The van der Waals surface area contributed by atoms with Crippen LogP contribution >= 0.6 is 0 Å². The molecule has 1 aromatic carbocycles. The van der Waals surface area contributed by atoms with Gasteiger partial charge in [0.05, 0.1) is 12.6 Å². The zero-order valence-corrected chi connectivity index (χ0v) is 9.52. The molecule has 0 radical (unpaired) electrons. The third-order valence-corrected chi connectivity index (χ3v) is 2.48. The number of nitrogens with one attached hydrogen (secondary N) is 1. The van der Waals surface area contributed by atoms with Gasteiger partial charge in [-0.15, -0.1) is 0 Å². The number of benzene rings is 1. The third-order valence-electron chi connectivity index (χ3n) is 2.48. The molecule has 0 aliphatic carbocycles. The Bertz CT molecular complexity index is 581. The van der Waals surface area contributed by atoms with Gasteiger partial charge in [0.15, 0.2) is 0 Å². The van der Waals surface area contributed by atoms with Crippen molar-refractivity contribution in [1.82, 2.24) is 10.5 Å². The first-order valence-electron chi connectivity index (χ1n) is 5.05. The summed E-state index contributed by atoms with van der Waals surface area (Å²) < 4.78 is 5.25. The number of rotatable bonds is 2. The summed E-state index contributed by atoms with van der Waals surface area (Å²) in [5.74, 6) is 0.151. The topological polar surface area (TPSA) is 71.5 Å². The maximum atomic E-state index is 11.3. The van der Waals surface area contributed by atoms with Crippen LogP contribution in [0.1, 0.15) is 16.1 Å². The van der Waals surface area contributed by atoms with Crippen LogP contribution in [0.3, 0.4) is 0 Å². The number of carbonyl (C=O) groups is 1. The lowest BCUT2D eigenvalue weighted by Crippen LogP contribution is -2.18. The van der Waals surface area contributed by atoms with E-state index in [0.717, 1.165) is 11.1 Å². The summed E-state index contributed by atoms with van der Waals surface area (Å²) in [5.41, 5.74) is 3.40. The Balaban J connectivity index is 2.65. The molecule has 88 valence electrons. The summed E-state index contributed by atoms with van der Waals surface area (Å²) in [4.78, 5) is 15.6. The molecule has 2 rings (SSSR count). The summed E-state index contributed by atoms with van der Waals surface area (Å²) >= 11 is 0. The number of hydrogen-bond donors (Lipinski definition) is 2. The number of methoxy groups -OCH3 is 1. The van der Waals surface area contributed by atoms with Crippen molar-refractivity contribution < 1.29 is 14.7 Å². The van der Waals surface area contributed by atoms with Crippen molar-refractivity contribution in [3.63, 3.8) is 0 Å². The highest BCUT2D eigenvalue weighted by Crippen LogP contribution is 2.25. The first-order chi connectivity index (χ1) is 8.15. The summed E-state index contributed by atoms with van der Waals surface area (Å²) in [6.07, 6.45) is 0. The molecule has 0 saturated heterocycles. The zero-order chi connectivity index (χ0) is 12.4. The van der Waals surface area contributed by atoms with Crippen LogP contribution < -0.4 is 10.2 Å². The van der Waals surface area contributed by atoms with E-state index < -0.39 is 5.91 Å². The standard InChI is InChI=1S/C12H12N2O3/c1-7-5-11(17-2)9-4-3-8(12(15)14-16)6-10(9)13-7/h3-6,16H,1-2H3,(H,14,15). The van der Waals surface area contributed by atoms with Crippen LogP contribution in [-0.4, -0.2) is 23.2 Å². The number of hydrogen-bond acceptors (Lipinski definition) is 4. The maximum Gasteiger partial charge on any atom is 0.274 e. The van der Waals surface area contributed by atoms with Crippen molar-refractivity contribution in [3.8, 4) is 5.75 Å². The molecule has 5 nitrogen and oxygen atoms in total. The van der Waals surface area contributed by atoms with E-state index in [1.165, 1.54) is 0 Å². The molecule has 0 bridgehead atoms. The molecule has 0 saturated carbocycles. The van der Waals surface area contributed by atoms with Crippen LogP contribution in [0.2, 0.25) is 0 Å². The molecule has 0 unspecified atom stereocenters. The highest BCUT2D eigenvalue weighted by molar-refractivity contribution is 5.98. The van der Waals surface area contributed by atoms with Crippen molar-refractivity contribution in [1.29, 1.82) is 0 Å². The second-order valence-corrected chi connectivity index (χ2v) is 3.64. The lowest BCUT2D eigenvalue weighted by molar-refractivity contribution is 0.0706. The van der Waals surface area contributed by atoms with Gasteiger partial charge < -0.3 is 4.74 Å². The van der Waals surface area contributed by atoms with Crippen molar-refractivity contribution >= 4 is 16.8 Å². The first-order valence-corrected chi connectivity index (χ1v) is 5.05. The Kier molecular flexibility index (Phi) is 2.93. The molecule has 5 heteroatoms. The second-order valence-electron chi connectivity index (χ2n) is 3.64. The maximum absolute atomic E-state index is 11.3. The van der Waals surface area contributed by atoms with Crippen LogP contribution in [0.4, 0.5) is 0 Å². The number of aromatic nitrogens is 1. The quantitative estimate of drug-likeness (QED) is 0.610. The molecule has 1 aromatic heterocycles. The van der Waals surface area contributed by atoms with E-state index in [-0.39, 0.29) is 0 Å². The zero-order valence-electron chi connectivity index (χ0n) is 9.52. The predicted octanol–water partition coefficient (Wildman–Crippen LogP) is 1.67. The number of hydroxylamine groups is 1. The molecular weight excluding hydrogens is 220 g/mol. The molecule has 17 heavy (non-hydrogen) atoms. The van der Waals surface area contributed by atoms with E-state index in [1.54, 1.807) is 30.8 Å². The average molecular weight is 232 g/mol. The Morgan fingerprint density at radius 1 is 1.41 bits per heavy atom. The largest absolute Gasteiger partial charge is 0.496 e. The fourth-order valence-electron chi connectivity index (χ4n) is 1.70. The van der Waals surface area contributed by atoms with Gasteiger partial charge in [-0.05, 0) is 25.1 Å². The van der Waals surface area contributed by atoms with Crippen LogP contribution in [0.15, 0.2) is 24.3 Å². The Morgan fingerprint density at radius 3 is 2.82 bits per heavy atom. The molecule has 2 aromatic rings. The van der Waals surface area contributed by atoms with Crippen molar-refractivity contribution in [2.24, 2.45) is 0 Å². The van der Waals surface area contributed by atoms with Crippen LogP contribution in [0.25, 0.3) is 10.9 Å². The van der Waals surface area contributed by atoms with Crippen LogP contribution in [0.5, 0.6) is 5.75 Å². The van der Waals surface area contributed by atoms with E-state index in [9.17, 15) is 4.79 Å². The molecule has 0 fully saturated rings. The Hall–Kier alpha value is -2.14. The van der Waals surface area contributed by atoms with E-state index >= 15 is 0 Å². The number of aryl methyl sites for hydroxylation is 1. The number of ether oxygens (including phenoxy) is 1. The number of amides is 1. The number of fused-ring (bicyclic) bond motifs is 1. The minimum Gasteiger partial charge on any atom is -0.496 e. The molecule has 0 aliphatic rings. The van der Waals surface area contributed by atoms with Crippen molar-refractivity contribution in [2.75, 3.05) is 7.11 Å². The molecular formula is C12H12N2O3. The second kappa shape index (κ2) is 4.39. The Morgan fingerprint density at radius 2 is 2.18 bits per heavy atom.